The maximum Gasteiger partial charge on any atom is 0.379 e. The Morgan fingerprint density at radius 3 is 2.39 bits per heavy atom. The van der Waals surface area contributed by atoms with Crippen LogP contribution in [0.1, 0.15) is 60.9 Å². The van der Waals surface area contributed by atoms with Gasteiger partial charge in [-0.2, -0.15) is 0 Å². The van der Waals surface area contributed by atoms with Gasteiger partial charge in [0.25, 0.3) is 5.78 Å². The first-order valence-electron chi connectivity index (χ1n) is 7.90. The first-order chi connectivity index (χ1) is 10.8. The van der Waals surface area contributed by atoms with E-state index in [9.17, 15) is 18.0 Å². The summed E-state index contributed by atoms with van der Waals surface area (Å²) in [4.78, 5) is 23.8. The molecule has 23 heavy (non-hydrogen) atoms. The highest BCUT2D eigenvalue weighted by atomic mass is 32.2. The van der Waals surface area contributed by atoms with E-state index in [2.05, 4.69) is 0 Å². The molecule has 1 fully saturated rings. The van der Waals surface area contributed by atoms with Gasteiger partial charge in [-0.15, -0.1) is 0 Å². The molecule has 0 aliphatic heterocycles. The molecule has 0 bridgehead atoms. The quantitative estimate of drug-likeness (QED) is 0.469. The highest BCUT2D eigenvalue weighted by Crippen LogP contribution is 2.36. The lowest BCUT2D eigenvalue weighted by Gasteiger charge is -2.24. The van der Waals surface area contributed by atoms with Crippen molar-refractivity contribution in [2.75, 3.05) is 12.9 Å². The maximum absolute atomic E-state index is 12.1. The molecule has 6 heteroatoms. The third kappa shape index (κ3) is 4.19. The average molecular weight is 338 g/mol. The molecule has 0 spiro atoms. The molecule has 1 aromatic rings. The lowest BCUT2D eigenvalue weighted by atomic mass is 9.83. The fraction of sp³-hybridized carbons (Fsp3) is 0.529. The van der Waals surface area contributed by atoms with Gasteiger partial charge in [0.2, 0.25) is 0 Å². The van der Waals surface area contributed by atoms with Gasteiger partial charge >= 0.3 is 5.97 Å². The lowest BCUT2D eigenvalue weighted by molar-refractivity contribution is -0.137. The predicted octanol–water partition coefficient (Wildman–Crippen LogP) is 2.88. The SMILES string of the molecule is CCOC(=O)C(=O)c1ccc(C2CCCCC2)c(S(C)(=O)=O)c1. The van der Waals surface area contributed by atoms with Crippen molar-refractivity contribution in [1.82, 2.24) is 0 Å². The van der Waals surface area contributed by atoms with Crippen LogP contribution >= 0.6 is 0 Å². The molecule has 0 amide bonds. The second-order valence-corrected chi connectivity index (χ2v) is 7.89. The Kier molecular flexibility index (Phi) is 5.57. The van der Waals surface area contributed by atoms with Crippen LogP contribution < -0.4 is 0 Å². The van der Waals surface area contributed by atoms with Gasteiger partial charge in [-0.3, -0.25) is 4.79 Å². The van der Waals surface area contributed by atoms with Crippen molar-refractivity contribution in [3.63, 3.8) is 0 Å². The monoisotopic (exact) mass is 338 g/mol. The van der Waals surface area contributed by atoms with Crippen molar-refractivity contribution < 1.29 is 22.7 Å². The minimum Gasteiger partial charge on any atom is -0.460 e. The number of ether oxygens (including phenoxy) is 1. The predicted molar refractivity (Wildman–Crippen MR) is 86.3 cm³/mol. The second-order valence-electron chi connectivity index (χ2n) is 5.91. The van der Waals surface area contributed by atoms with E-state index in [1.807, 2.05) is 0 Å². The Morgan fingerprint density at radius 1 is 1.17 bits per heavy atom. The number of hydrogen-bond donors (Lipinski definition) is 0. The Balaban J connectivity index is 2.42. The summed E-state index contributed by atoms with van der Waals surface area (Å²) in [5.74, 6) is -1.58. The zero-order valence-corrected chi connectivity index (χ0v) is 14.3. The average Bonchev–Trinajstić information content (AvgIpc) is 2.54. The van der Waals surface area contributed by atoms with E-state index in [4.69, 9.17) is 4.74 Å². The summed E-state index contributed by atoms with van der Waals surface area (Å²) in [7, 11) is -3.48. The minimum atomic E-state index is -3.48. The number of benzene rings is 1. The number of ketones is 1. The zero-order chi connectivity index (χ0) is 17.0. The van der Waals surface area contributed by atoms with Crippen molar-refractivity contribution in [3.8, 4) is 0 Å². The van der Waals surface area contributed by atoms with E-state index in [0.29, 0.717) is 0 Å². The number of carbonyl (C=O) groups is 2. The molecule has 1 aliphatic carbocycles. The largest absolute Gasteiger partial charge is 0.460 e. The summed E-state index contributed by atoms with van der Waals surface area (Å²) in [6, 6.07) is 4.52. The molecule has 1 aliphatic rings. The molecule has 0 N–H and O–H groups in total. The Bertz CT molecular complexity index is 700. The van der Waals surface area contributed by atoms with E-state index in [1.54, 1.807) is 13.0 Å². The Morgan fingerprint density at radius 2 is 1.83 bits per heavy atom. The van der Waals surface area contributed by atoms with Crippen LogP contribution in [0, 0.1) is 0 Å². The normalized spacial score (nSPS) is 16.1. The molecule has 0 atom stereocenters. The molecule has 126 valence electrons. The fourth-order valence-corrected chi connectivity index (χ4v) is 4.07. The summed E-state index contributed by atoms with van der Waals surface area (Å²) in [5.41, 5.74) is 0.816. The summed E-state index contributed by atoms with van der Waals surface area (Å²) < 4.78 is 29.0. The van der Waals surface area contributed by atoms with E-state index in [1.165, 1.54) is 18.6 Å². The van der Waals surface area contributed by atoms with Crippen molar-refractivity contribution in [2.24, 2.45) is 0 Å². The molecule has 1 aromatic carbocycles. The van der Waals surface area contributed by atoms with Crippen LogP contribution in [0.4, 0.5) is 0 Å². The minimum absolute atomic E-state index is 0.0587. The first-order valence-corrected chi connectivity index (χ1v) is 9.79. The van der Waals surface area contributed by atoms with Crippen LogP contribution in [0.2, 0.25) is 0 Å². The molecule has 0 saturated heterocycles. The van der Waals surface area contributed by atoms with Gasteiger partial charge in [-0.1, -0.05) is 31.4 Å². The van der Waals surface area contributed by atoms with Crippen LogP contribution in [0.15, 0.2) is 23.1 Å². The van der Waals surface area contributed by atoms with Crippen LogP contribution in [-0.4, -0.2) is 33.0 Å². The summed E-state index contributed by atoms with van der Waals surface area (Å²) in [6.45, 7) is 1.71. The molecule has 0 radical (unpaired) electrons. The highest BCUT2D eigenvalue weighted by Gasteiger charge is 2.25. The topological polar surface area (TPSA) is 77.5 Å². The maximum atomic E-state index is 12.1. The van der Waals surface area contributed by atoms with Gasteiger partial charge in [0, 0.05) is 11.8 Å². The molecule has 0 unspecified atom stereocenters. The number of Topliss-reactive ketones (excluding diaryl/α,β-unsaturated/α-hetero) is 1. The number of esters is 1. The fourth-order valence-electron chi connectivity index (χ4n) is 3.06. The van der Waals surface area contributed by atoms with Crippen LogP contribution in [0.3, 0.4) is 0 Å². The van der Waals surface area contributed by atoms with Crippen molar-refractivity contribution in [3.05, 3.63) is 29.3 Å². The molecular formula is C17H22O5S. The number of sulfone groups is 1. The summed E-state index contributed by atoms with van der Waals surface area (Å²) in [5, 5.41) is 0. The molecule has 5 nitrogen and oxygen atoms in total. The Hall–Kier alpha value is -1.69. The number of carbonyl (C=O) groups excluding carboxylic acids is 2. The van der Waals surface area contributed by atoms with Crippen molar-refractivity contribution in [1.29, 1.82) is 0 Å². The van der Waals surface area contributed by atoms with Gasteiger partial charge in [0.1, 0.15) is 0 Å². The van der Waals surface area contributed by atoms with Gasteiger partial charge in [0.15, 0.2) is 9.84 Å². The number of rotatable bonds is 5. The standard InChI is InChI=1S/C17H22O5S/c1-3-22-17(19)16(18)13-9-10-14(12-7-5-4-6-8-12)15(11-13)23(2,20)21/h9-12H,3-8H2,1-2H3. The third-order valence-electron chi connectivity index (χ3n) is 4.18. The second kappa shape index (κ2) is 7.25. The molecular weight excluding hydrogens is 316 g/mol. The smallest absolute Gasteiger partial charge is 0.379 e. The lowest BCUT2D eigenvalue weighted by Crippen LogP contribution is -2.19. The van der Waals surface area contributed by atoms with Gasteiger partial charge in [0.05, 0.1) is 11.5 Å². The summed E-state index contributed by atoms with van der Waals surface area (Å²) >= 11 is 0. The Labute approximate surface area is 137 Å². The van der Waals surface area contributed by atoms with Gasteiger partial charge in [-0.05, 0) is 37.3 Å². The summed E-state index contributed by atoms with van der Waals surface area (Å²) in [6.07, 6.45) is 6.37. The highest BCUT2D eigenvalue weighted by molar-refractivity contribution is 7.90. The first kappa shape index (κ1) is 17.7. The van der Waals surface area contributed by atoms with Gasteiger partial charge < -0.3 is 4.74 Å². The van der Waals surface area contributed by atoms with E-state index >= 15 is 0 Å². The van der Waals surface area contributed by atoms with E-state index in [-0.39, 0.29) is 23.0 Å². The molecule has 2 rings (SSSR count). The van der Waals surface area contributed by atoms with E-state index < -0.39 is 21.6 Å². The third-order valence-corrected chi connectivity index (χ3v) is 5.33. The zero-order valence-electron chi connectivity index (χ0n) is 13.5. The molecule has 1 saturated carbocycles. The van der Waals surface area contributed by atoms with Crippen LogP contribution in [0.25, 0.3) is 0 Å². The van der Waals surface area contributed by atoms with E-state index in [0.717, 1.165) is 37.5 Å². The van der Waals surface area contributed by atoms with Crippen molar-refractivity contribution in [2.45, 2.75) is 49.8 Å². The van der Waals surface area contributed by atoms with Crippen LogP contribution in [0.5, 0.6) is 0 Å². The van der Waals surface area contributed by atoms with Gasteiger partial charge in [-0.25, -0.2) is 13.2 Å². The van der Waals surface area contributed by atoms with Crippen molar-refractivity contribution >= 4 is 21.6 Å². The molecule has 0 heterocycles. The molecule has 0 aromatic heterocycles. The number of hydrogen-bond acceptors (Lipinski definition) is 5. The van der Waals surface area contributed by atoms with Crippen LogP contribution in [-0.2, 0) is 19.4 Å².